The maximum absolute atomic E-state index is 5.62. The maximum atomic E-state index is 5.62. The topological polar surface area (TPSA) is 48.9 Å². The second kappa shape index (κ2) is 11.1. The van der Waals surface area contributed by atoms with Gasteiger partial charge in [0, 0.05) is 39.5 Å². The van der Waals surface area contributed by atoms with Gasteiger partial charge >= 0.3 is 0 Å². The van der Waals surface area contributed by atoms with E-state index < -0.39 is 0 Å². The zero-order valence-electron chi connectivity index (χ0n) is 17.7. The number of hydrogen-bond donors (Lipinski definition) is 2. The monoisotopic (exact) mass is 488 g/mol. The molecule has 0 spiro atoms. The lowest BCUT2D eigenvalue weighted by Gasteiger charge is -2.30. The molecular formula is C21H37IN4O. The van der Waals surface area contributed by atoms with E-state index in [1.54, 1.807) is 7.11 Å². The van der Waals surface area contributed by atoms with Crippen LogP contribution in [0.3, 0.4) is 0 Å². The van der Waals surface area contributed by atoms with Crippen LogP contribution in [0.4, 0.5) is 5.69 Å². The van der Waals surface area contributed by atoms with Gasteiger partial charge in [-0.25, -0.2) is 0 Å². The number of rotatable bonds is 6. The molecule has 1 saturated heterocycles. The van der Waals surface area contributed by atoms with Crippen LogP contribution in [0.25, 0.3) is 0 Å². The molecule has 0 bridgehead atoms. The van der Waals surface area contributed by atoms with E-state index in [9.17, 15) is 0 Å². The van der Waals surface area contributed by atoms with Crippen LogP contribution in [-0.4, -0.2) is 45.9 Å². The number of ether oxygens (including phenoxy) is 1. The third-order valence-electron chi connectivity index (χ3n) is 5.12. The molecule has 1 aliphatic rings. The summed E-state index contributed by atoms with van der Waals surface area (Å²) in [6, 6.07) is 9.01. The highest BCUT2D eigenvalue weighted by Gasteiger charge is 2.24. The summed E-state index contributed by atoms with van der Waals surface area (Å²) < 4.78 is 5.62. The van der Waals surface area contributed by atoms with E-state index in [4.69, 9.17) is 4.74 Å². The maximum Gasteiger partial charge on any atom is 0.191 e. The molecule has 5 nitrogen and oxygen atoms in total. The SMILES string of the molecule is CN=C(NCC(OC)C(C)(C)C)NC(C)c1cccc(N2CCCC2)c1.I. The lowest BCUT2D eigenvalue weighted by atomic mass is 9.89. The van der Waals surface area contributed by atoms with Gasteiger partial charge in [0.15, 0.2) is 5.96 Å². The first-order valence-corrected chi connectivity index (χ1v) is 9.70. The molecule has 0 aliphatic carbocycles. The van der Waals surface area contributed by atoms with Gasteiger partial charge in [-0.3, -0.25) is 4.99 Å². The van der Waals surface area contributed by atoms with Gasteiger partial charge in [0.25, 0.3) is 0 Å². The number of guanidine groups is 1. The van der Waals surface area contributed by atoms with Gasteiger partial charge in [0.05, 0.1) is 12.1 Å². The number of hydrogen-bond acceptors (Lipinski definition) is 3. The standard InChI is InChI=1S/C21H36N4O.HI/c1-16(17-10-9-11-18(14-17)25-12-7-8-13-25)24-20(22-5)23-15-19(26-6)21(2,3)4;/h9-11,14,16,19H,7-8,12-13,15H2,1-6H3,(H2,22,23,24);1H. The average Bonchev–Trinajstić information content (AvgIpc) is 3.14. The number of halogens is 1. The molecule has 1 fully saturated rings. The summed E-state index contributed by atoms with van der Waals surface area (Å²) in [6.07, 6.45) is 2.71. The minimum absolute atomic E-state index is 0. The van der Waals surface area contributed by atoms with Gasteiger partial charge in [-0.2, -0.15) is 0 Å². The van der Waals surface area contributed by atoms with Crippen molar-refractivity contribution < 1.29 is 4.74 Å². The van der Waals surface area contributed by atoms with Crippen LogP contribution in [0.2, 0.25) is 0 Å². The Morgan fingerprint density at radius 3 is 2.48 bits per heavy atom. The van der Waals surface area contributed by atoms with Crippen molar-refractivity contribution in [3.8, 4) is 0 Å². The Labute approximate surface area is 182 Å². The highest BCUT2D eigenvalue weighted by molar-refractivity contribution is 14.0. The summed E-state index contributed by atoms with van der Waals surface area (Å²) >= 11 is 0. The van der Waals surface area contributed by atoms with Gasteiger partial charge in [-0.05, 0) is 42.9 Å². The Bertz CT molecular complexity index is 594. The van der Waals surface area contributed by atoms with Crippen molar-refractivity contribution in [2.45, 2.75) is 52.7 Å². The molecule has 2 rings (SSSR count). The highest BCUT2D eigenvalue weighted by Crippen LogP contribution is 2.24. The molecule has 0 aromatic heterocycles. The minimum Gasteiger partial charge on any atom is -0.379 e. The van der Waals surface area contributed by atoms with E-state index in [1.165, 1.54) is 37.2 Å². The molecule has 2 atom stereocenters. The lowest BCUT2D eigenvalue weighted by Crippen LogP contribution is -2.45. The Balaban J connectivity index is 0.00000364. The minimum atomic E-state index is 0. The number of methoxy groups -OCH3 is 1. The first kappa shape index (κ1) is 24.0. The summed E-state index contributed by atoms with van der Waals surface area (Å²) in [7, 11) is 3.57. The van der Waals surface area contributed by atoms with Crippen molar-refractivity contribution in [2.24, 2.45) is 10.4 Å². The van der Waals surface area contributed by atoms with Crippen LogP contribution in [-0.2, 0) is 4.74 Å². The molecule has 1 aliphatic heterocycles. The summed E-state index contributed by atoms with van der Waals surface area (Å²) in [5, 5.41) is 6.90. The van der Waals surface area contributed by atoms with E-state index >= 15 is 0 Å². The third kappa shape index (κ3) is 7.14. The Morgan fingerprint density at radius 1 is 1.26 bits per heavy atom. The molecule has 0 saturated carbocycles. The number of benzene rings is 1. The van der Waals surface area contributed by atoms with Crippen LogP contribution >= 0.6 is 24.0 Å². The molecule has 27 heavy (non-hydrogen) atoms. The van der Waals surface area contributed by atoms with Crippen molar-refractivity contribution in [1.82, 2.24) is 10.6 Å². The molecule has 1 aromatic rings. The molecule has 1 heterocycles. The molecule has 2 unspecified atom stereocenters. The van der Waals surface area contributed by atoms with Crippen LogP contribution in [0, 0.1) is 5.41 Å². The van der Waals surface area contributed by atoms with Gasteiger partial charge in [0.1, 0.15) is 0 Å². The smallest absolute Gasteiger partial charge is 0.191 e. The molecule has 1 aromatic carbocycles. The lowest BCUT2D eigenvalue weighted by molar-refractivity contribution is 0.0205. The van der Waals surface area contributed by atoms with E-state index in [1.807, 2.05) is 7.05 Å². The third-order valence-corrected chi connectivity index (χ3v) is 5.12. The predicted octanol–water partition coefficient (Wildman–Crippen LogP) is 4.19. The normalized spacial score (nSPS) is 17.3. The fraction of sp³-hybridized carbons (Fsp3) is 0.667. The zero-order chi connectivity index (χ0) is 19.2. The van der Waals surface area contributed by atoms with Gasteiger partial charge < -0.3 is 20.3 Å². The number of nitrogens with zero attached hydrogens (tertiary/aromatic N) is 2. The second-order valence-corrected chi connectivity index (χ2v) is 8.20. The molecule has 154 valence electrons. The van der Waals surface area contributed by atoms with Crippen LogP contribution in [0.1, 0.15) is 52.1 Å². The summed E-state index contributed by atoms with van der Waals surface area (Å²) in [6.45, 7) is 11.8. The van der Waals surface area contributed by atoms with Crippen molar-refractivity contribution in [2.75, 3.05) is 38.7 Å². The fourth-order valence-electron chi connectivity index (χ4n) is 3.38. The summed E-state index contributed by atoms with van der Waals surface area (Å²) in [4.78, 5) is 6.84. The first-order chi connectivity index (χ1) is 12.3. The van der Waals surface area contributed by atoms with Gasteiger partial charge in [0.2, 0.25) is 0 Å². The highest BCUT2D eigenvalue weighted by atomic mass is 127. The molecule has 6 heteroatoms. The Morgan fingerprint density at radius 2 is 1.93 bits per heavy atom. The largest absolute Gasteiger partial charge is 0.379 e. The van der Waals surface area contributed by atoms with E-state index in [2.05, 4.69) is 72.5 Å². The molecule has 2 N–H and O–H groups in total. The Hall–Kier alpha value is -1.02. The van der Waals surface area contributed by atoms with Crippen molar-refractivity contribution in [1.29, 1.82) is 0 Å². The zero-order valence-corrected chi connectivity index (χ0v) is 20.0. The fourth-order valence-corrected chi connectivity index (χ4v) is 3.38. The Kier molecular flexibility index (Phi) is 9.87. The quantitative estimate of drug-likeness (QED) is 0.358. The molecule has 0 amide bonds. The van der Waals surface area contributed by atoms with Gasteiger partial charge in [-0.1, -0.05) is 32.9 Å². The summed E-state index contributed by atoms with van der Waals surface area (Å²) in [5.74, 6) is 0.801. The van der Waals surface area contributed by atoms with E-state index in [0.29, 0.717) is 0 Å². The number of nitrogens with one attached hydrogen (secondary N) is 2. The molecular weight excluding hydrogens is 451 g/mol. The molecule has 0 radical (unpaired) electrons. The number of aliphatic imine (C=N–C) groups is 1. The van der Waals surface area contributed by atoms with Crippen LogP contribution in [0.5, 0.6) is 0 Å². The van der Waals surface area contributed by atoms with Gasteiger partial charge in [-0.15, -0.1) is 24.0 Å². The van der Waals surface area contributed by atoms with Crippen molar-refractivity contribution in [3.63, 3.8) is 0 Å². The number of anilines is 1. The van der Waals surface area contributed by atoms with E-state index in [-0.39, 0.29) is 41.5 Å². The predicted molar refractivity (Wildman–Crippen MR) is 126 cm³/mol. The van der Waals surface area contributed by atoms with Crippen LogP contribution in [0.15, 0.2) is 29.3 Å². The van der Waals surface area contributed by atoms with Crippen LogP contribution < -0.4 is 15.5 Å². The first-order valence-electron chi connectivity index (χ1n) is 9.70. The summed E-state index contributed by atoms with van der Waals surface area (Å²) in [5.41, 5.74) is 2.68. The van der Waals surface area contributed by atoms with Crippen molar-refractivity contribution >= 4 is 35.6 Å². The second-order valence-electron chi connectivity index (χ2n) is 8.20. The van der Waals surface area contributed by atoms with E-state index in [0.717, 1.165) is 12.5 Å². The average molecular weight is 488 g/mol. The van der Waals surface area contributed by atoms with Crippen molar-refractivity contribution in [3.05, 3.63) is 29.8 Å².